The SMILES string of the molecule is NC1C=CC(=O)c2sccc21. The van der Waals surface area contributed by atoms with Crippen molar-refractivity contribution in [1.82, 2.24) is 0 Å². The Bertz CT molecular complexity index is 327. The Morgan fingerprint density at radius 3 is 3.09 bits per heavy atom. The van der Waals surface area contributed by atoms with Gasteiger partial charge in [0.2, 0.25) is 0 Å². The van der Waals surface area contributed by atoms with E-state index in [0.717, 1.165) is 10.4 Å². The summed E-state index contributed by atoms with van der Waals surface area (Å²) < 4.78 is 0. The first-order chi connectivity index (χ1) is 5.29. The summed E-state index contributed by atoms with van der Waals surface area (Å²) in [6.07, 6.45) is 3.28. The lowest BCUT2D eigenvalue weighted by Gasteiger charge is -2.10. The Hall–Kier alpha value is -0.930. The highest BCUT2D eigenvalue weighted by Gasteiger charge is 2.18. The molecule has 0 saturated carbocycles. The van der Waals surface area contributed by atoms with Crippen molar-refractivity contribution >= 4 is 17.1 Å². The first-order valence-corrected chi connectivity index (χ1v) is 4.22. The molecule has 1 heterocycles. The fraction of sp³-hybridized carbons (Fsp3) is 0.125. The third-order valence-electron chi connectivity index (χ3n) is 1.73. The van der Waals surface area contributed by atoms with Gasteiger partial charge >= 0.3 is 0 Å². The lowest BCUT2D eigenvalue weighted by molar-refractivity contribution is 0.104. The summed E-state index contributed by atoms with van der Waals surface area (Å²) in [4.78, 5) is 12.0. The molecule has 0 bridgehead atoms. The average molecular weight is 165 g/mol. The first-order valence-electron chi connectivity index (χ1n) is 3.34. The fourth-order valence-corrected chi connectivity index (χ4v) is 2.03. The molecule has 1 aliphatic carbocycles. The highest BCUT2D eigenvalue weighted by Crippen LogP contribution is 2.27. The van der Waals surface area contributed by atoms with Gasteiger partial charge in [-0.05, 0) is 23.1 Å². The fourth-order valence-electron chi connectivity index (χ4n) is 1.15. The molecule has 11 heavy (non-hydrogen) atoms. The Balaban J connectivity index is 2.59. The molecule has 0 radical (unpaired) electrons. The molecule has 0 spiro atoms. The van der Waals surface area contributed by atoms with E-state index in [2.05, 4.69) is 0 Å². The second-order valence-electron chi connectivity index (χ2n) is 2.45. The molecule has 0 fully saturated rings. The normalized spacial score (nSPS) is 21.9. The minimum absolute atomic E-state index is 0.0803. The Morgan fingerprint density at radius 2 is 2.36 bits per heavy atom. The summed E-state index contributed by atoms with van der Waals surface area (Å²) in [5.74, 6) is 0.0803. The van der Waals surface area contributed by atoms with Crippen LogP contribution < -0.4 is 5.73 Å². The van der Waals surface area contributed by atoms with E-state index < -0.39 is 0 Å². The van der Waals surface area contributed by atoms with Crippen LogP contribution in [0.4, 0.5) is 0 Å². The first kappa shape index (κ1) is 6.76. The van der Waals surface area contributed by atoms with E-state index in [1.54, 1.807) is 12.2 Å². The van der Waals surface area contributed by atoms with Crippen molar-refractivity contribution in [3.63, 3.8) is 0 Å². The predicted molar refractivity (Wildman–Crippen MR) is 44.7 cm³/mol. The summed E-state index contributed by atoms with van der Waals surface area (Å²) in [5.41, 5.74) is 6.68. The van der Waals surface area contributed by atoms with E-state index in [9.17, 15) is 4.79 Å². The van der Waals surface area contributed by atoms with Gasteiger partial charge < -0.3 is 5.73 Å². The third-order valence-corrected chi connectivity index (χ3v) is 2.68. The Kier molecular flexibility index (Phi) is 1.41. The van der Waals surface area contributed by atoms with E-state index in [1.807, 2.05) is 11.4 Å². The standard InChI is InChI=1S/C8H7NOS/c9-6-1-2-7(10)8-5(6)3-4-11-8/h1-4,6H,9H2. The van der Waals surface area contributed by atoms with Crippen molar-refractivity contribution in [2.75, 3.05) is 0 Å². The van der Waals surface area contributed by atoms with Gasteiger partial charge in [-0.25, -0.2) is 0 Å². The molecule has 1 atom stereocenters. The average Bonchev–Trinajstić information content (AvgIpc) is 2.45. The quantitative estimate of drug-likeness (QED) is 0.633. The molecule has 0 amide bonds. The minimum Gasteiger partial charge on any atom is -0.321 e. The highest BCUT2D eigenvalue weighted by atomic mass is 32.1. The van der Waals surface area contributed by atoms with Gasteiger partial charge in [-0.15, -0.1) is 11.3 Å². The number of rotatable bonds is 0. The minimum atomic E-state index is -0.0889. The second kappa shape index (κ2) is 2.29. The lowest BCUT2D eigenvalue weighted by Crippen LogP contribution is -2.14. The Labute approximate surface area is 68.3 Å². The number of fused-ring (bicyclic) bond motifs is 1. The molecule has 3 heteroatoms. The van der Waals surface area contributed by atoms with E-state index in [0.29, 0.717) is 0 Å². The van der Waals surface area contributed by atoms with Crippen molar-refractivity contribution in [1.29, 1.82) is 0 Å². The molecular formula is C8H7NOS. The van der Waals surface area contributed by atoms with Gasteiger partial charge in [-0.3, -0.25) is 4.79 Å². The van der Waals surface area contributed by atoms with E-state index in [1.165, 1.54) is 11.3 Å². The van der Waals surface area contributed by atoms with Crippen molar-refractivity contribution in [3.8, 4) is 0 Å². The van der Waals surface area contributed by atoms with Crippen LogP contribution in [0.25, 0.3) is 0 Å². The monoisotopic (exact) mass is 165 g/mol. The van der Waals surface area contributed by atoms with Crippen LogP contribution in [-0.4, -0.2) is 5.78 Å². The Morgan fingerprint density at radius 1 is 1.55 bits per heavy atom. The van der Waals surface area contributed by atoms with Crippen LogP contribution in [0.5, 0.6) is 0 Å². The van der Waals surface area contributed by atoms with Crippen LogP contribution in [0.2, 0.25) is 0 Å². The van der Waals surface area contributed by atoms with Crippen molar-refractivity contribution < 1.29 is 4.79 Å². The van der Waals surface area contributed by atoms with E-state index in [-0.39, 0.29) is 11.8 Å². The van der Waals surface area contributed by atoms with Crippen LogP contribution in [0, 0.1) is 0 Å². The maximum atomic E-state index is 11.2. The van der Waals surface area contributed by atoms with Gasteiger partial charge in [0, 0.05) is 0 Å². The zero-order valence-electron chi connectivity index (χ0n) is 5.78. The number of hydrogen-bond donors (Lipinski definition) is 1. The molecular weight excluding hydrogens is 158 g/mol. The lowest BCUT2D eigenvalue weighted by atomic mass is 10.0. The smallest absolute Gasteiger partial charge is 0.195 e. The molecule has 0 aromatic carbocycles. The molecule has 1 unspecified atom stereocenters. The number of nitrogens with two attached hydrogens (primary N) is 1. The summed E-state index contributed by atoms with van der Waals surface area (Å²) in [7, 11) is 0. The van der Waals surface area contributed by atoms with Gasteiger partial charge in [-0.1, -0.05) is 6.08 Å². The zero-order valence-corrected chi connectivity index (χ0v) is 6.60. The second-order valence-corrected chi connectivity index (χ2v) is 3.37. The summed E-state index contributed by atoms with van der Waals surface area (Å²) >= 11 is 1.46. The molecule has 2 rings (SSSR count). The number of allylic oxidation sites excluding steroid dienone is 1. The maximum absolute atomic E-state index is 11.2. The number of hydrogen-bond acceptors (Lipinski definition) is 3. The van der Waals surface area contributed by atoms with Gasteiger partial charge in [0.25, 0.3) is 0 Å². The summed E-state index contributed by atoms with van der Waals surface area (Å²) in [6, 6.07) is 1.82. The van der Waals surface area contributed by atoms with Crippen LogP contribution in [0.3, 0.4) is 0 Å². The van der Waals surface area contributed by atoms with Crippen LogP contribution >= 0.6 is 11.3 Å². The molecule has 56 valence electrons. The van der Waals surface area contributed by atoms with E-state index >= 15 is 0 Å². The number of ketones is 1. The molecule has 1 aromatic rings. The summed E-state index contributed by atoms with van der Waals surface area (Å²) in [6.45, 7) is 0. The van der Waals surface area contributed by atoms with Gasteiger partial charge in [0.05, 0.1) is 10.9 Å². The molecule has 2 N–H and O–H groups in total. The highest BCUT2D eigenvalue weighted by molar-refractivity contribution is 7.12. The predicted octanol–water partition coefficient (Wildman–Crippen LogP) is 1.50. The largest absolute Gasteiger partial charge is 0.321 e. The molecule has 0 aliphatic heterocycles. The number of thiophene rings is 1. The van der Waals surface area contributed by atoms with Crippen LogP contribution in [0.1, 0.15) is 21.3 Å². The molecule has 0 saturated heterocycles. The zero-order chi connectivity index (χ0) is 7.84. The summed E-state index contributed by atoms with van der Waals surface area (Å²) in [5, 5.41) is 1.90. The maximum Gasteiger partial charge on any atom is 0.195 e. The number of carbonyl (C=O) groups is 1. The third kappa shape index (κ3) is 0.931. The van der Waals surface area contributed by atoms with Gasteiger partial charge in [-0.2, -0.15) is 0 Å². The van der Waals surface area contributed by atoms with Crippen molar-refractivity contribution in [3.05, 3.63) is 34.0 Å². The van der Waals surface area contributed by atoms with E-state index in [4.69, 9.17) is 5.73 Å². The topological polar surface area (TPSA) is 43.1 Å². The number of carbonyl (C=O) groups excluding carboxylic acids is 1. The van der Waals surface area contributed by atoms with Gasteiger partial charge in [0.15, 0.2) is 5.78 Å². The van der Waals surface area contributed by atoms with Crippen molar-refractivity contribution in [2.45, 2.75) is 6.04 Å². The molecule has 1 aliphatic rings. The molecule has 2 nitrogen and oxygen atoms in total. The van der Waals surface area contributed by atoms with Crippen molar-refractivity contribution in [2.24, 2.45) is 5.73 Å². The van der Waals surface area contributed by atoms with Gasteiger partial charge in [0.1, 0.15) is 0 Å². The van der Waals surface area contributed by atoms with Crippen LogP contribution in [0.15, 0.2) is 23.6 Å². The molecule has 1 aromatic heterocycles. The van der Waals surface area contributed by atoms with Crippen LogP contribution in [-0.2, 0) is 0 Å².